The standard InChI is InChI=1S/C13H16O2.C8H8O/c1-13(2,3)11(12(14)15)9-10-7-5-4-6-8-10;9-7-6-8-4-2-1-3-5-8/h4-9H,1-3H3,(H,14,15);1-7,9H. The van der Waals surface area contributed by atoms with Gasteiger partial charge in [0.15, 0.2) is 0 Å². The van der Waals surface area contributed by atoms with Crippen molar-refractivity contribution in [2.24, 2.45) is 5.41 Å². The molecule has 2 aromatic carbocycles. The molecule has 2 aromatic rings. The number of rotatable bonds is 3. The van der Waals surface area contributed by atoms with Crippen molar-refractivity contribution in [3.05, 3.63) is 83.6 Å². The van der Waals surface area contributed by atoms with Crippen LogP contribution < -0.4 is 0 Å². The lowest BCUT2D eigenvalue weighted by molar-refractivity contribution is -0.133. The molecule has 0 saturated heterocycles. The van der Waals surface area contributed by atoms with Gasteiger partial charge in [-0.15, -0.1) is 0 Å². The van der Waals surface area contributed by atoms with Gasteiger partial charge >= 0.3 is 5.97 Å². The second kappa shape index (κ2) is 9.36. The van der Waals surface area contributed by atoms with Crippen molar-refractivity contribution in [3.8, 4) is 0 Å². The number of carboxylic acid groups (broad SMARTS) is 1. The van der Waals surface area contributed by atoms with Gasteiger partial charge in [-0.05, 0) is 28.7 Å². The molecule has 0 spiro atoms. The molecule has 0 saturated carbocycles. The van der Waals surface area contributed by atoms with E-state index >= 15 is 0 Å². The maximum Gasteiger partial charge on any atom is 0.332 e. The molecule has 0 aromatic heterocycles. The maximum absolute atomic E-state index is 11.1. The molecular formula is C21H24O3. The third-order valence-corrected chi connectivity index (χ3v) is 3.22. The lowest BCUT2D eigenvalue weighted by Crippen LogP contribution is -2.17. The van der Waals surface area contributed by atoms with Crippen LogP contribution in [0.1, 0.15) is 31.9 Å². The van der Waals surface area contributed by atoms with Crippen molar-refractivity contribution in [3.63, 3.8) is 0 Å². The summed E-state index contributed by atoms with van der Waals surface area (Å²) in [6.07, 6.45) is 4.40. The quantitative estimate of drug-likeness (QED) is 0.586. The lowest BCUT2D eigenvalue weighted by atomic mass is 9.85. The Bertz CT molecular complexity index is 678. The molecule has 0 aliphatic heterocycles. The Hall–Kier alpha value is -2.81. The van der Waals surface area contributed by atoms with E-state index in [1.807, 2.05) is 81.4 Å². The second-order valence-corrected chi connectivity index (χ2v) is 6.25. The minimum atomic E-state index is -0.855. The van der Waals surface area contributed by atoms with Crippen LogP contribution >= 0.6 is 0 Å². The fourth-order valence-corrected chi connectivity index (χ4v) is 1.97. The lowest BCUT2D eigenvalue weighted by Gasteiger charge is -2.19. The van der Waals surface area contributed by atoms with E-state index in [2.05, 4.69) is 0 Å². The van der Waals surface area contributed by atoms with Gasteiger partial charge in [-0.1, -0.05) is 81.4 Å². The summed E-state index contributed by atoms with van der Waals surface area (Å²) in [6, 6.07) is 19.1. The summed E-state index contributed by atoms with van der Waals surface area (Å²) in [7, 11) is 0. The zero-order chi connectivity index (χ0) is 18.0. The van der Waals surface area contributed by atoms with Crippen LogP contribution in [0.25, 0.3) is 12.2 Å². The topological polar surface area (TPSA) is 57.5 Å². The van der Waals surface area contributed by atoms with Crippen molar-refractivity contribution in [2.45, 2.75) is 20.8 Å². The van der Waals surface area contributed by atoms with E-state index in [0.29, 0.717) is 5.57 Å². The monoisotopic (exact) mass is 324 g/mol. The van der Waals surface area contributed by atoms with Crippen molar-refractivity contribution in [1.82, 2.24) is 0 Å². The predicted octanol–water partition coefficient (Wildman–Crippen LogP) is 5.42. The molecule has 2 rings (SSSR count). The average Bonchev–Trinajstić information content (AvgIpc) is 2.54. The van der Waals surface area contributed by atoms with Crippen molar-refractivity contribution >= 4 is 18.1 Å². The molecule has 3 nitrogen and oxygen atoms in total. The fourth-order valence-electron chi connectivity index (χ4n) is 1.97. The number of carbonyl (C=O) groups is 1. The summed E-state index contributed by atoms with van der Waals surface area (Å²) in [5.74, 6) is -0.855. The van der Waals surface area contributed by atoms with Gasteiger partial charge in [0, 0.05) is 5.57 Å². The smallest absolute Gasteiger partial charge is 0.332 e. The number of aliphatic hydroxyl groups excluding tert-OH is 1. The Labute approximate surface area is 143 Å². The van der Waals surface area contributed by atoms with Gasteiger partial charge in [0.1, 0.15) is 0 Å². The van der Waals surface area contributed by atoms with E-state index < -0.39 is 5.97 Å². The van der Waals surface area contributed by atoms with Gasteiger partial charge in [0.05, 0.1) is 6.26 Å². The molecule has 0 amide bonds. The van der Waals surface area contributed by atoms with Crippen LogP contribution in [0.5, 0.6) is 0 Å². The second-order valence-electron chi connectivity index (χ2n) is 6.25. The Morgan fingerprint density at radius 1 is 0.875 bits per heavy atom. The highest BCUT2D eigenvalue weighted by atomic mass is 16.4. The molecule has 24 heavy (non-hydrogen) atoms. The molecule has 0 aliphatic rings. The van der Waals surface area contributed by atoms with Gasteiger partial charge in [-0.25, -0.2) is 4.79 Å². The number of aliphatic carboxylic acids is 1. The molecule has 2 N–H and O–H groups in total. The summed E-state index contributed by atoms with van der Waals surface area (Å²) in [4.78, 5) is 11.1. The van der Waals surface area contributed by atoms with Gasteiger partial charge in [0.2, 0.25) is 0 Å². The normalized spacial score (nSPS) is 11.7. The van der Waals surface area contributed by atoms with Gasteiger partial charge < -0.3 is 10.2 Å². The first-order valence-corrected chi connectivity index (χ1v) is 7.71. The highest BCUT2D eigenvalue weighted by Gasteiger charge is 2.22. The minimum absolute atomic E-state index is 0.346. The van der Waals surface area contributed by atoms with Crippen LogP contribution in [-0.2, 0) is 4.79 Å². The van der Waals surface area contributed by atoms with E-state index in [9.17, 15) is 4.79 Å². The average molecular weight is 324 g/mol. The third kappa shape index (κ3) is 6.97. The number of carboxylic acids is 1. The first kappa shape index (κ1) is 19.2. The van der Waals surface area contributed by atoms with Crippen molar-refractivity contribution in [2.75, 3.05) is 0 Å². The molecule has 0 fully saturated rings. The summed E-state index contributed by atoms with van der Waals surface area (Å²) in [5, 5.41) is 17.4. The number of aliphatic hydroxyl groups is 1. The minimum Gasteiger partial charge on any atom is -0.516 e. The SMILES string of the molecule is CC(C)(C)C(=Cc1ccccc1)C(=O)O.OC=Cc1ccccc1. The zero-order valence-corrected chi connectivity index (χ0v) is 14.3. The summed E-state index contributed by atoms with van der Waals surface area (Å²) in [6.45, 7) is 5.70. The first-order valence-electron chi connectivity index (χ1n) is 7.71. The number of hydrogen-bond acceptors (Lipinski definition) is 2. The highest BCUT2D eigenvalue weighted by molar-refractivity contribution is 5.93. The van der Waals surface area contributed by atoms with Crippen molar-refractivity contribution in [1.29, 1.82) is 0 Å². The van der Waals surface area contributed by atoms with Crippen LogP contribution in [0.4, 0.5) is 0 Å². The summed E-state index contributed by atoms with van der Waals surface area (Å²) >= 11 is 0. The highest BCUT2D eigenvalue weighted by Crippen LogP contribution is 2.27. The van der Waals surface area contributed by atoms with E-state index in [1.54, 1.807) is 12.2 Å². The first-order chi connectivity index (χ1) is 11.3. The zero-order valence-electron chi connectivity index (χ0n) is 14.3. The van der Waals surface area contributed by atoms with Crippen LogP contribution in [0, 0.1) is 5.41 Å². The predicted molar refractivity (Wildman–Crippen MR) is 99.6 cm³/mol. The Balaban J connectivity index is 0.000000272. The molecule has 0 unspecified atom stereocenters. The molecular weight excluding hydrogens is 300 g/mol. The molecule has 3 heteroatoms. The Kier molecular flexibility index (Phi) is 7.50. The fraction of sp³-hybridized carbons (Fsp3) is 0.190. The molecule has 0 atom stereocenters. The summed E-state index contributed by atoms with van der Waals surface area (Å²) < 4.78 is 0. The Morgan fingerprint density at radius 2 is 1.33 bits per heavy atom. The number of hydrogen-bond donors (Lipinski definition) is 2. The van der Waals surface area contributed by atoms with E-state index in [4.69, 9.17) is 10.2 Å². The van der Waals surface area contributed by atoms with Gasteiger partial charge in [0.25, 0.3) is 0 Å². The van der Waals surface area contributed by atoms with E-state index in [0.717, 1.165) is 17.4 Å². The third-order valence-electron chi connectivity index (χ3n) is 3.22. The van der Waals surface area contributed by atoms with E-state index in [1.165, 1.54) is 0 Å². The number of benzene rings is 2. The van der Waals surface area contributed by atoms with Gasteiger partial charge in [-0.3, -0.25) is 0 Å². The molecule has 0 radical (unpaired) electrons. The van der Waals surface area contributed by atoms with Crippen LogP contribution in [0.2, 0.25) is 0 Å². The van der Waals surface area contributed by atoms with Crippen molar-refractivity contribution < 1.29 is 15.0 Å². The van der Waals surface area contributed by atoms with Crippen LogP contribution in [-0.4, -0.2) is 16.2 Å². The summed E-state index contributed by atoms with van der Waals surface area (Å²) in [5.41, 5.74) is 2.01. The molecule has 0 aliphatic carbocycles. The maximum atomic E-state index is 11.1. The van der Waals surface area contributed by atoms with Crippen LogP contribution in [0.3, 0.4) is 0 Å². The molecule has 126 valence electrons. The van der Waals surface area contributed by atoms with E-state index in [-0.39, 0.29) is 5.41 Å². The molecule has 0 bridgehead atoms. The molecule has 0 heterocycles. The largest absolute Gasteiger partial charge is 0.516 e. The van der Waals surface area contributed by atoms with Gasteiger partial charge in [-0.2, -0.15) is 0 Å². The Morgan fingerprint density at radius 3 is 1.71 bits per heavy atom. The van der Waals surface area contributed by atoms with Crippen LogP contribution in [0.15, 0.2) is 72.5 Å².